The van der Waals surface area contributed by atoms with Gasteiger partial charge >= 0.3 is 6.03 Å². The van der Waals surface area contributed by atoms with Crippen molar-refractivity contribution in [3.05, 3.63) is 46.4 Å². The summed E-state index contributed by atoms with van der Waals surface area (Å²) in [6.45, 7) is 2.45. The number of urea groups is 1. The Labute approximate surface area is 128 Å². The van der Waals surface area contributed by atoms with Crippen LogP contribution in [0.15, 0.2) is 35.8 Å². The minimum Gasteiger partial charge on any atom is -0.497 e. The van der Waals surface area contributed by atoms with Gasteiger partial charge in [0.25, 0.3) is 0 Å². The molecule has 1 heterocycles. The lowest BCUT2D eigenvalue weighted by molar-refractivity contribution is 0.203. The molecule has 1 unspecified atom stereocenters. The lowest BCUT2D eigenvalue weighted by Crippen LogP contribution is -2.38. The highest BCUT2D eigenvalue weighted by molar-refractivity contribution is 7.09. The van der Waals surface area contributed by atoms with Gasteiger partial charge in [-0.3, -0.25) is 0 Å². The highest BCUT2D eigenvalue weighted by atomic mass is 32.1. The fraction of sp³-hybridized carbons (Fsp3) is 0.333. The van der Waals surface area contributed by atoms with Gasteiger partial charge in [0, 0.05) is 25.2 Å². The highest BCUT2D eigenvalue weighted by Crippen LogP contribution is 2.16. The molecule has 0 spiro atoms. The van der Waals surface area contributed by atoms with E-state index in [0.717, 1.165) is 16.3 Å². The number of nitrogens with one attached hydrogen (secondary N) is 1. The minimum absolute atomic E-state index is 0.0924. The summed E-state index contributed by atoms with van der Waals surface area (Å²) in [6, 6.07) is 7.47. The second-order valence-electron chi connectivity index (χ2n) is 4.75. The topological polar surface area (TPSA) is 54.5 Å². The SMILES string of the molecule is COc1cccc(CN(C)C(=O)NC(C)c2nccs2)c1. The van der Waals surface area contributed by atoms with Crippen molar-refractivity contribution in [2.24, 2.45) is 0 Å². The predicted octanol–water partition coefficient (Wildman–Crippen LogP) is 3.05. The summed E-state index contributed by atoms with van der Waals surface area (Å²) in [5, 5.41) is 5.74. The second-order valence-corrected chi connectivity index (χ2v) is 5.68. The number of hydrogen-bond acceptors (Lipinski definition) is 4. The summed E-state index contributed by atoms with van der Waals surface area (Å²) in [5.41, 5.74) is 1.02. The molecule has 2 aromatic rings. The molecule has 0 radical (unpaired) electrons. The molecule has 1 aromatic heterocycles. The van der Waals surface area contributed by atoms with Gasteiger partial charge in [-0.2, -0.15) is 0 Å². The third kappa shape index (κ3) is 4.19. The number of carbonyl (C=O) groups is 1. The Morgan fingerprint density at radius 2 is 2.33 bits per heavy atom. The summed E-state index contributed by atoms with van der Waals surface area (Å²) in [5.74, 6) is 0.789. The summed E-state index contributed by atoms with van der Waals surface area (Å²) >= 11 is 1.53. The lowest BCUT2D eigenvalue weighted by atomic mass is 10.2. The molecule has 0 saturated carbocycles. The molecule has 0 aliphatic rings. The number of aromatic nitrogens is 1. The fourth-order valence-corrected chi connectivity index (χ4v) is 2.57. The number of thiazole rings is 1. The van der Waals surface area contributed by atoms with Crippen molar-refractivity contribution in [1.82, 2.24) is 15.2 Å². The van der Waals surface area contributed by atoms with Gasteiger partial charge in [-0.25, -0.2) is 9.78 Å². The van der Waals surface area contributed by atoms with Crippen LogP contribution in [0.5, 0.6) is 5.75 Å². The van der Waals surface area contributed by atoms with E-state index in [1.54, 1.807) is 25.3 Å². The monoisotopic (exact) mass is 305 g/mol. The third-order valence-corrected chi connectivity index (χ3v) is 4.02. The average Bonchev–Trinajstić information content (AvgIpc) is 3.01. The van der Waals surface area contributed by atoms with Gasteiger partial charge in [0.2, 0.25) is 0 Å². The summed E-state index contributed by atoms with van der Waals surface area (Å²) in [6.07, 6.45) is 1.74. The van der Waals surface area contributed by atoms with Crippen molar-refractivity contribution in [3.63, 3.8) is 0 Å². The molecule has 0 bridgehead atoms. The van der Waals surface area contributed by atoms with Crippen LogP contribution in [0.4, 0.5) is 4.79 Å². The highest BCUT2D eigenvalue weighted by Gasteiger charge is 2.15. The quantitative estimate of drug-likeness (QED) is 0.923. The minimum atomic E-state index is -0.125. The maximum absolute atomic E-state index is 12.2. The maximum Gasteiger partial charge on any atom is 0.317 e. The van der Waals surface area contributed by atoms with Crippen LogP contribution < -0.4 is 10.1 Å². The number of carbonyl (C=O) groups excluding carboxylic acids is 1. The van der Waals surface area contributed by atoms with E-state index < -0.39 is 0 Å². The van der Waals surface area contributed by atoms with E-state index in [1.807, 2.05) is 36.6 Å². The number of hydrogen-bond donors (Lipinski definition) is 1. The average molecular weight is 305 g/mol. The zero-order valence-corrected chi connectivity index (χ0v) is 13.2. The molecule has 2 amide bonds. The Hall–Kier alpha value is -2.08. The van der Waals surface area contributed by atoms with Gasteiger partial charge in [0.1, 0.15) is 10.8 Å². The summed E-state index contributed by atoms with van der Waals surface area (Å²) in [7, 11) is 3.40. The zero-order valence-electron chi connectivity index (χ0n) is 12.4. The van der Waals surface area contributed by atoms with Crippen LogP contribution in [0, 0.1) is 0 Å². The predicted molar refractivity (Wildman–Crippen MR) is 83.5 cm³/mol. The first-order chi connectivity index (χ1) is 10.1. The van der Waals surface area contributed by atoms with E-state index in [2.05, 4.69) is 10.3 Å². The third-order valence-electron chi connectivity index (χ3n) is 3.06. The van der Waals surface area contributed by atoms with Crippen LogP contribution in [-0.4, -0.2) is 30.1 Å². The van der Waals surface area contributed by atoms with Crippen molar-refractivity contribution >= 4 is 17.4 Å². The molecule has 1 N–H and O–H groups in total. The molecule has 21 heavy (non-hydrogen) atoms. The maximum atomic E-state index is 12.2. The van der Waals surface area contributed by atoms with Gasteiger partial charge in [-0.1, -0.05) is 12.1 Å². The molecular formula is C15H19N3O2S. The molecule has 0 aliphatic carbocycles. The molecule has 112 valence electrons. The molecule has 0 aliphatic heterocycles. The number of nitrogens with zero attached hydrogens (tertiary/aromatic N) is 2. The Bertz CT molecular complexity index is 586. The Kier molecular flexibility index (Phi) is 5.16. The number of amides is 2. The number of ether oxygens (including phenoxy) is 1. The molecule has 2 rings (SSSR count). The summed E-state index contributed by atoms with van der Waals surface area (Å²) < 4.78 is 5.18. The number of methoxy groups -OCH3 is 1. The van der Waals surface area contributed by atoms with Crippen molar-refractivity contribution in [1.29, 1.82) is 0 Å². The van der Waals surface area contributed by atoms with Crippen LogP contribution in [0.3, 0.4) is 0 Å². The van der Waals surface area contributed by atoms with E-state index >= 15 is 0 Å². The van der Waals surface area contributed by atoms with Crippen molar-refractivity contribution in [2.75, 3.05) is 14.2 Å². The molecule has 0 saturated heterocycles. The fourth-order valence-electron chi connectivity index (χ4n) is 1.92. The molecule has 0 fully saturated rings. The Balaban J connectivity index is 1.93. The van der Waals surface area contributed by atoms with Crippen molar-refractivity contribution < 1.29 is 9.53 Å². The lowest BCUT2D eigenvalue weighted by Gasteiger charge is -2.20. The number of rotatable bonds is 5. The smallest absolute Gasteiger partial charge is 0.317 e. The van der Waals surface area contributed by atoms with Gasteiger partial charge in [0.15, 0.2) is 0 Å². The standard InChI is InChI=1S/C15H19N3O2S/c1-11(14-16-7-8-21-14)17-15(19)18(2)10-12-5-4-6-13(9-12)20-3/h4-9,11H,10H2,1-3H3,(H,17,19). The molecule has 1 aromatic carbocycles. The first-order valence-electron chi connectivity index (χ1n) is 6.64. The molecular weight excluding hydrogens is 286 g/mol. The van der Waals surface area contributed by atoms with Crippen LogP contribution in [0.1, 0.15) is 23.5 Å². The van der Waals surface area contributed by atoms with E-state index in [-0.39, 0.29) is 12.1 Å². The summed E-state index contributed by atoms with van der Waals surface area (Å²) in [4.78, 5) is 18.0. The van der Waals surface area contributed by atoms with Crippen LogP contribution in [-0.2, 0) is 6.54 Å². The first kappa shape index (κ1) is 15.3. The second kappa shape index (κ2) is 7.08. The Morgan fingerprint density at radius 3 is 3.00 bits per heavy atom. The zero-order chi connectivity index (χ0) is 15.2. The van der Waals surface area contributed by atoms with Crippen LogP contribution in [0.25, 0.3) is 0 Å². The van der Waals surface area contributed by atoms with E-state index in [9.17, 15) is 4.79 Å². The molecule has 1 atom stereocenters. The van der Waals surface area contributed by atoms with Crippen molar-refractivity contribution in [2.45, 2.75) is 19.5 Å². The molecule has 5 nitrogen and oxygen atoms in total. The van der Waals surface area contributed by atoms with Crippen molar-refractivity contribution in [3.8, 4) is 5.75 Å². The molecule has 6 heteroatoms. The van der Waals surface area contributed by atoms with E-state index in [1.165, 1.54) is 11.3 Å². The normalized spacial score (nSPS) is 11.8. The van der Waals surface area contributed by atoms with Gasteiger partial charge < -0.3 is 15.0 Å². The van der Waals surface area contributed by atoms with Gasteiger partial charge in [0.05, 0.1) is 13.2 Å². The largest absolute Gasteiger partial charge is 0.497 e. The van der Waals surface area contributed by atoms with Crippen LogP contribution >= 0.6 is 11.3 Å². The van der Waals surface area contributed by atoms with Gasteiger partial charge in [-0.05, 0) is 24.6 Å². The van der Waals surface area contributed by atoms with E-state index in [0.29, 0.717) is 6.54 Å². The van der Waals surface area contributed by atoms with Crippen LogP contribution in [0.2, 0.25) is 0 Å². The van der Waals surface area contributed by atoms with E-state index in [4.69, 9.17) is 4.74 Å². The number of benzene rings is 1. The van der Waals surface area contributed by atoms with Gasteiger partial charge in [-0.15, -0.1) is 11.3 Å². The first-order valence-corrected chi connectivity index (χ1v) is 7.52. The Morgan fingerprint density at radius 1 is 1.52 bits per heavy atom.